The lowest BCUT2D eigenvalue weighted by Gasteiger charge is -2.11. The zero-order valence-electron chi connectivity index (χ0n) is 16.6. The Morgan fingerprint density at radius 3 is 1.45 bits per heavy atom. The molecule has 0 spiro atoms. The number of nitrogens with one attached hydrogen (secondary N) is 2. The van der Waals surface area contributed by atoms with Crippen LogP contribution < -0.4 is 22.5 Å². The molecule has 0 fully saturated rings. The standard InChI is InChI=1S/C22H12N6O4S/c23-11-13-1-3-15(27-19(29)5-7-25-21(27)31)9-17(13)33-18-10-16(4-2-14(18)12-24)28-20(30)6-8-26-22(28)32/h1-10H,(H,25,31)(H,26,32). The summed E-state index contributed by atoms with van der Waals surface area (Å²) in [6.45, 7) is 0. The van der Waals surface area contributed by atoms with Gasteiger partial charge in [-0.15, -0.1) is 0 Å². The molecule has 4 rings (SSSR count). The molecule has 0 amide bonds. The molecule has 0 unspecified atom stereocenters. The van der Waals surface area contributed by atoms with Gasteiger partial charge in [0.15, 0.2) is 0 Å². The Morgan fingerprint density at radius 1 is 0.667 bits per heavy atom. The van der Waals surface area contributed by atoms with Gasteiger partial charge in [-0.2, -0.15) is 10.5 Å². The fourth-order valence-electron chi connectivity index (χ4n) is 3.11. The maximum absolute atomic E-state index is 12.2. The van der Waals surface area contributed by atoms with Crippen LogP contribution in [0, 0.1) is 22.7 Å². The molecule has 0 saturated carbocycles. The van der Waals surface area contributed by atoms with Gasteiger partial charge in [0.2, 0.25) is 0 Å². The monoisotopic (exact) mass is 456 g/mol. The molecule has 0 aliphatic heterocycles. The Bertz CT molecular complexity index is 1530. The smallest absolute Gasteiger partial charge is 0.314 e. The Balaban J connectivity index is 1.87. The fourth-order valence-corrected chi connectivity index (χ4v) is 4.15. The van der Waals surface area contributed by atoms with E-state index < -0.39 is 22.5 Å². The van der Waals surface area contributed by atoms with E-state index in [4.69, 9.17) is 0 Å². The molecule has 10 nitrogen and oxygen atoms in total. The number of nitriles is 2. The predicted octanol–water partition coefficient (Wildman–Crippen LogP) is 1.26. The number of aromatic amines is 2. The quantitative estimate of drug-likeness (QED) is 0.468. The van der Waals surface area contributed by atoms with Crippen LogP contribution in [0.4, 0.5) is 0 Å². The van der Waals surface area contributed by atoms with Crippen LogP contribution in [0.3, 0.4) is 0 Å². The van der Waals surface area contributed by atoms with E-state index in [0.717, 1.165) is 20.9 Å². The maximum atomic E-state index is 12.2. The molecule has 2 heterocycles. The van der Waals surface area contributed by atoms with Crippen molar-refractivity contribution in [3.8, 4) is 23.5 Å². The SMILES string of the molecule is N#Cc1ccc(-n2c(=O)cc[nH]c2=O)cc1Sc1cc(-n2c(=O)cc[nH]c2=O)ccc1C#N. The molecule has 0 atom stereocenters. The highest BCUT2D eigenvalue weighted by Gasteiger charge is 2.14. The Kier molecular flexibility index (Phi) is 5.64. The molecule has 0 aliphatic carbocycles. The second-order valence-corrected chi connectivity index (χ2v) is 7.68. The highest BCUT2D eigenvalue weighted by Crippen LogP contribution is 2.34. The lowest BCUT2D eigenvalue weighted by atomic mass is 10.2. The first-order chi connectivity index (χ1) is 15.9. The van der Waals surface area contributed by atoms with Crippen molar-refractivity contribution in [3.63, 3.8) is 0 Å². The molecule has 2 aromatic carbocycles. The fraction of sp³-hybridized carbons (Fsp3) is 0. The van der Waals surface area contributed by atoms with Crippen LogP contribution in [0.1, 0.15) is 11.1 Å². The van der Waals surface area contributed by atoms with Crippen molar-refractivity contribution in [1.82, 2.24) is 19.1 Å². The molecule has 160 valence electrons. The summed E-state index contributed by atoms with van der Waals surface area (Å²) in [6.07, 6.45) is 2.47. The van der Waals surface area contributed by atoms with Gasteiger partial charge in [-0.1, -0.05) is 11.8 Å². The van der Waals surface area contributed by atoms with Crippen molar-refractivity contribution < 1.29 is 0 Å². The van der Waals surface area contributed by atoms with E-state index in [9.17, 15) is 29.7 Å². The first-order valence-corrected chi connectivity index (χ1v) is 10.1. The number of hydrogen-bond donors (Lipinski definition) is 2. The zero-order valence-corrected chi connectivity index (χ0v) is 17.4. The van der Waals surface area contributed by atoms with Crippen molar-refractivity contribution in [2.45, 2.75) is 9.79 Å². The molecular weight excluding hydrogens is 444 g/mol. The van der Waals surface area contributed by atoms with E-state index in [2.05, 4.69) is 9.97 Å². The van der Waals surface area contributed by atoms with E-state index >= 15 is 0 Å². The number of aromatic nitrogens is 4. The summed E-state index contributed by atoms with van der Waals surface area (Å²) in [5.41, 5.74) is -1.46. The summed E-state index contributed by atoms with van der Waals surface area (Å²) in [7, 11) is 0. The third-order valence-electron chi connectivity index (χ3n) is 4.62. The van der Waals surface area contributed by atoms with Crippen LogP contribution >= 0.6 is 11.8 Å². The van der Waals surface area contributed by atoms with Crippen molar-refractivity contribution in [3.05, 3.63) is 114 Å². The molecule has 0 radical (unpaired) electrons. The van der Waals surface area contributed by atoms with E-state index in [1.54, 1.807) is 0 Å². The average molecular weight is 456 g/mol. The highest BCUT2D eigenvalue weighted by molar-refractivity contribution is 7.99. The first kappa shape index (κ1) is 21.4. The minimum absolute atomic E-state index is 0.230. The number of H-pyrrole nitrogens is 2. The van der Waals surface area contributed by atoms with Gasteiger partial charge in [-0.25, -0.2) is 18.7 Å². The zero-order chi connectivity index (χ0) is 23.5. The molecule has 2 N–H and O–H groups in total. The minimum Gasteiger partial charge on any atom is -0.314 e. The summed E-state index contributed by atoms with van der Waals surface area (Å²) in [5.74, 6) is 0. The van der Waals surface area contributed by atoms with Gasteiger partial charge in [-0.05, 0) is 36.4 Å². The van der Waals surface area contributed by atoms with Crippen molar-refractivity contribution in [2.24, 2.45) is 0 Å². The summed E-state index contributed by atoms with van der Waals surface area (Å²) in [4.78, 5) is 54.3. The Hall–Kier alpha value is -4.87. The number of hydrogen-bond acceptors (Lipinski definition) is 7. The van der Waals surface area contributed by atoms with Crippen molar-refractivity contribution >= 4 is 11.8 Å². The van der Waals surface area contributed by atoms with Gasteiger partial charge < -0.3 is 9.97 Å². The summed E-state index contributed by atoms with van der Waals surface area (Å²) in [5, 5.41) is 19.1. The van der Waals surface area contributed by atoms with Crippen LogP contribution in [0.25, 0.3) is 11.4 Å². The van der Waals surface area contributed by atoms with Crippen LogP contribution in [0.2, 0.25) is 0 Å². The topological polar surface area (TPSA) is 157 Å². The van der Waals surface area contributed by atoms with E-state index in [1.165, 1.54) is 60.9 Å². The second-order valence-electron chi connectivity index (χ2n) is 6.60. The number of rotatable bonds is 4. The lowest BCUT2D eigenvalue weighted by molar-refractivity contribution is 0.871. The lowest BCUT2D eigenvalue weighted by Crippen LogP contribution is -2.32. The third-order valence-corrected chi connectivity index (χ3v) is 5.74. The number of benzene rings is 2. The van der Waals surface area contributed by atoms with E-state index in [0.29, 0.717) is 9.79 Å². The molecule has 0 bridgehead atoms. The largest absolute Gasteiger partial charge is 0.332 e. The van der Waals surface area contributed by atoms with Crippen LogP contribution in [0.5, 0.6) is 0 Å². The minimum atomic E-state index is -0.648. The molecule has 2 aromatic heterocycles. The van der Waals surface area contributed by atoms with Crippen LogP contribution in [0.15, 0.2) is 89.9 Å². The molecular formula is C22H12N6O4S. The van der Waals surface area contributed by atoms with Crippen molar-refractivity contribution in [1.29, 1.82) is 10.5 Å². The summed E-state index contributed by atoms with van der Waals surface area (Å²) < 4.78 is 1.83. The Labute approximate surface area is 188 Å². The van der Waals surface area contributed by atoms with Crippen LogP contribution in [-0.2, 0) is 0 Å². The molecule has 33 heavy (non-hydrogen) atoms. The van der Waals surface area contributed by atoms with Gasteiger partial charge in [0, 0.05) is 34.3 Å². The molecule has 0 aliphatic rings. The van der Waals surface area contributed by atoms with E-state index in [1.807, 2.05) is 12.1 Å². The maximum Gasteiger partial charge on any atom is 0.332 e. The predicted molar refractivity (Wildman–Crippen MR) is 119 cm³/mol. The third kappa shape index (κ3) is 4.04. The molecule has 0 saturated heterocycles. The molecule has 11 heteroatoms. The summed E-state index contributed by atoms with van der Waals surface area (Å²) in [6, 6.07) is 15.3. The van der Waals surface area contributed by atoms with Gasteiger partial charge in [-0.3, -0.25) is 9.59 Å². The van der Waals surface area contributed by atoms with E-state index in [-0.39, 0.29) is 22.5 Å². The number of nitrogens with zero attached hydrogens (tertiary/aromatic N) is 4. The van der Waals surface area contributed by atoms with Gasteiger partial charge in [0.05, 0.1) is 22.5 Å². The normalized spacial score (nSPS) is 10.4. The summed E-state index contributed by atoms with van der Waals surface area (Å²) >= 11 is 1.03. The van der Waals surface area contributed by atoms with Gasteiger partial charge in [0.1, 0.15) is 12.1 Å². The van der Waals surface area contributed by atoms with Crippen molar-refractivity contribution in [2.75, 3.05) is 0 Å². The van der Waals surface area contributed by atoms with Gasteiger partial charge >= 0.3 is 11.4 Å². The first-order valence-electron chi connectivity index (χ1n) is 9.31. The Morgan fingerprint density at radius 2 is 1.09 bits per heavy atom. The van der Waals surface area contributed by atoms with Gasteiger partial charge in [0.25, 0.3) is 11.1 Å². The van der Waals surface area contributed by atoms with Crippen LogP contribution in [-0.4, -0.2) is 19.1 Å². The highest BCUT2D eigenvalue weighted by atomic mass is 32.2. The average Bonchev–Trinajstić information content (AvgIpc) is 2.79. The second kappa shape index (κ2) is 8.70. The molecule has 4 aromatic rings.